The molecule has 1 N–H and O–H groups in total. The molecule has 1 unspecified atom stereocenters. The van der Waals surface area contributed by atoms with E-state index in [1.807, 2.05) is 24.4 Å². The van der Waals surface area contributed by atoms with Crippen LogP contribution < -0.4 is 5.32 Å². The van der Waals surface area contributed by atoms with E-state index in [-0.39, 0.29) is 15.1 Å². The average molecular weight is 369 g/mol. The van der Waals surface area contributed by atoms with Gasteiger partial charge in [-0.3, -0.25) is 11.8 Å². The Morgan fingerprint density at radius 2 is 2.06 bits per heavy atom. The predicted molar refractivity (Wildman–Crippen MR) is 69.0 cm³/mol. The van der Waals surface area contributed by atoms with E-state index >= 15 is 0 Å². The number of pyridine rings is 1. The van der Waals surface area contributed by atoms with Crippen LogP contribution in [0, 0.1) is 0 Å². The van der Waals surface area contributed by atoms with E-state index in [1.54, 1.807) is 0 Å². The van der Waals surface area contributed by atoms with Crippen LogP contribution in [0.15, 0.2) is 24.4 Å². The van der Waals surface area contributed by atoms with Crippen LogP contribution in [0.4, 0.5) is 0 Å². The number of carbonyl (C=O) groups excluding carboxylic acids is 1. The van der Waals surface area contributed by atoms with E-state index in [0.717, 1.165) is 24.9 Å². The molecule has 1 aromatic heterocycles. The summed E-state index contributed by atoms with van der Waals surface area (Å²) in [6, 6.07) is 5.96. The molecule has 0 amide bonds. The molecule has 0 spiro atoms. The molecule has 3 nitrogen and oxygen atoms in total. The molecule has 0 saturated heterocycles. The second-order valence-corrected chi connectivity index (χ2v) is 5.55. The second kappa shape index (κ2) is 17.8. The molecule has 0 fully saturated rings. The van der Waals surface area contributed by atoms with Gasteiger partial charge in [0, 0.05) is 12.7 Å². The molecule has 0 saturated carbocycles. The van der Waals surface area contributed by atoms with E-state index in [1.165, 1.54) is 0 Å². The summed E-state index contributed by atoms with van der Waals surface area (Å²) in [4.78, 5) is 11.9. The van der Waals surface area contributed by atoms with Gasteiger partial charge in [0.2, 0.25) is 0 Å². The molecule has 92 valence electrons. The normalized spacial score (nSPS) is 8.19. The summed E-state index contributed by atoms with van der Waals surface area (Å²) in [6.07, 6.45) is 2.91. The third-order valence-electron chi connectivity index (χ3n) is 1.35. The number of halogens is 2. The van der Waals surface area contributed by atoms with Crippen LogP contribution in [0.1, 0.15) is 5.69 Å². The Morgan fingerprint density at radius 3 is 2.50 bits per heavy atom. The number of hydrogen-bond donors (Lipinski definition) is 1. The number of nitrogens with one attached hydrogen (secondary N) is 1. The van der Waals surface area contributed by atoms with Gasteiger partial charge in [-0.1, -0.05) is 6.07 Å². The van der Waals surface area contributed by atoms with Gasteiger partial charge in [-0.05, 0) is 24.8 Å². The van der Waals surface area contributed by atoms with Gasteiger partial charge in [-0.2, -0.15) is 0 Å². The fraction of sp³-hybridized carbons (Fsp3) is 0.333. The first-order valence-electron chi connectivity index (χ1n) is 4.24. The van der Waals surface area contributed by atoms with Crippen molar-refractivity contribution >= 4 is 35.4 Å². The van der Waals surface area contributed by atoms with Crippen molar-refractivity contribution in [1.82, 2.24) is 10.3 Å². The molecule has 1 rings (SSSR count). The number of rotatable bonds is 4. The Labute approximate surface area is 115 Å². The zero-order valence-electron chi connectivity index (χ0n) is 8.55. The van der Waals surface area contributed by atoms with Gasteiger partial charge in [-0.15, -0.1) is 9.24 Å². The Hall–Kier alpha value is 0.413. The number of nitrogens with zero attached hydrogens (tertiary/aromatic N) is 1. The molecule has 0 bridgehead atoms. The molecule has 1 atom stereocenters. The first-order chi connectivity index (χ1) is 7.85. The van der Waals surface area contributed by atoms with E-state index in [2.05, 4.69) is 26.3 Å². The monoisotopic (exact) mass is 369 g/mol. The van der Waals surface area contributed by atoms with Crippen LogP contribution in [0.3, 0.4) is 0 Å². The molecule has 0 aliphatic carbocycles. The number of hydrogen-bond acceptors (Lipinski definition) is 3. The van der Waals surface area contributed by atoms with Crippen LogP contribution in [-0.2, 0) is 26.5 Å². The topological polar surface area (TPSA) is 42.0 Å². The molecule has 0 aliphatic heterocycles. The quantitative estimate of drug-likeness (QED) is 0.291. The van der Waals surface area contributed by atoms with Crippen LogP contribution >= 0.6 is 28.6 Å². The Balaban J connectivity index is 0. The Bertz CT molecular complexity index is 232. The minimum absolute atomic E-state index is 0.346. The van der Waals surface area contributed by atoms with Crippen molar-refractivity contribution in [2.24, 2.45) is 0 Å². The summed E-state index contributed by atoms with van der Waals surface area (Å²) in [5.41, 5.74) is 1.10. The van der Waals surface area contributed by atoms with Gasteiger partial charge in [0.05, 0.1) is 5.69 Å². The summed E-state index contributed by atoms with van der Waals surface area (Å²) in [5, 5.41) is 3.27. The van der Waals surface area contributed by atoms with E-state index in [0.29, 0.717) is 0 Å². The third-order valence-corrected chi connectivity index (χ3v) is 1.64. The van der Waals surface area contributed by atoms with E-state index < -0.39 is 0 Å². The van der Waals surface area contributed by atoms with Gasteiger partial charge >= 0.3 is 34.5 Å². The van der Waals surface area contributed by atoms with Crippen molar-refractivity contribution < 1.29 is 19.9 Å². The van der Waals surface area contributed by atoms with Crippen LogP contribution in [0.25, 0.3) is 0 Å². The third kappa shape index (κ3) is 14.4. The standard InChI is InChI=1S/C8H13N2P.CHO.2ClH.Ru/c11-6-5-9-7-8-3-1-2-4-10-8;1-2;;;/h1-4,9H,5-7,11H2;1H;2*1H;/q;-1;;;+4/p-2. The van der Waals surface area contributed by atoms with Crippen molar-refractivity contribution in [3.8, 4) is 0 Å². The van der Waals surface area contributed by atoms with Crippen molar-refractivity contribution in [2.75, 3.05) is 12.7 Å². The van der Waals surface area contributed by atoms with Crippen LogP contribution in [-0.4, -0.2) is 24.5 Å². The molecule has 1 heterocycles. The zero-order valence-corrected chi connectivity index (χ0v) is 13.0. The van der Waals surface area contributed by atoms with Crippen molar-refractivity contribution in [1.29, 1.82) is 0 Å². The SMILES string of the molecule is PCCNCc1ccccn1.[CH-]=O.[Cl][Ru+2][Cl]. The molecule has 7 heteroatoms. The summed E-state index contributed by atoms with van der Waals surface area (Å²) < 4.78 is 0. The molecule has 1 aromatic rings. The van der Waals surface area contributed by atoms with Gasteiger partial charge < -0.3 is 10.1 Å². The van der Waals surface area contributed by atoms with Gasteiger partial charge in [0.15, 0.2) is 0 Å². The predicted octanol–water partition coefficient (Wildman–Crippen LogP) is 2.15. The summed E-state index contributed by atoms with van der Waals surface area (Å²) in [5.74, 6) is 0. The van der Waals surface area contributed by atoms with Crippen LogP contribution in [0.2, 0.25) is 0 Å². The fourth-order valence-electron chi connectivity index (χ4n) is 0.821. The molecule has 0 radical (unpaired) electrons. The molecule has 16 heavy (non-hydrogen) atoms. The van der Waals surface area contributed by atoms with Gasteiger partial charge in [0.25, 0.3) is 0 Å². The zero-order chi connectivity index (χ0) is 12.6. The summed E-state index contributed by atoms with van der Waals surface area (Å²) >= 11 is -0.346. The first-order valence-corrected chi connectivity index (χ1v) is 9.54. The molecular weight excluding hydrogens is 355 g/mol. The maximum atomic E-state index is 7.75. The first kappa shape index (κ1) is 18.8. The van der Waals surface area contributed by atoms with Gasteiger partial charge in [0.1, 0.15) is 0 Å². The van der Waals surface area contributed by atoms with E-state index in [9.17, 15) is 0 Å². The summed E-state index contributed by atoms with van der Waals surface area (Å²) in [6.45, 7) is 5.15. The molecular formula is C9H14Cl2N2OPRu+. The average Bonchev–Trinajstić information content (AvgIpc) is 2.34. The second-order valence-electron chi connectivity index (χ2n) is 2.34. The molecule has 0 aliphatic rings. The Kier molecular flexibility index (Phi) is 20.9. The summed E-state index contributed by atoms with van der Waals surface area (Å²) in [7, 11) is 12.4. The Morgan fingerprint density at radius 1 is 1.44 bits per heavy atom. The van der Waals surface area contributed by atoms with Crippen LogP contribution in [0.5, 0.6) is 0 Å². The fourth-order valence-corrected chi connectivity index (χ4v) is 1.03. The van der Waals surface area contributed by atoms with Crippen molar-refractivity contribution in [3.05, 3.63) is 30.1 Å². The number of aromatic nitrogens is 1. The maximum absolute atomic E-state index is 7.75. The van der Waals surface area contributed by atoms with E-state index in [4.69, 9.17) is 24.2 Å². The van der Waals surface area contributed by atoms with Gasteiger partial charge in [-0.25, -0.2) is 0 Å². The molecule has 0 aromatic carbocycles. The van der Waals surface area contributed by atoms with Crippen molar-refractivity contribution in [3.63, 3.8) is 0 Å². The van der Waals surface area contributed by atoms with Crippen molar-refractivity contribution in [2.45, 2.75) is 6.54 Å². The minimum atomic E-state index is -0.346.